The Morgan fingerprint density at radius 3 is 3.13 bits per heavy atom. The minimum atomic E-state index is 0.810. The molecule has 0 bridgehead atoms. The van der Waals surface area contributed by atoms with Crippen molar-refractivity contribution in [2.24, 2.45) is 5.92 Å². The van der Waals surface area contributed by atoms with E-state index in [4.69, 9.17) is 0 Å². The van der Waals surface area contributed by atoms with Gasteiger partial charge in [0.15, 0.2) is 0 Å². The third-order valence-corrected chi connectivity index (χ3v) is 3.02. The first kappa shape index (κ1) is 10.3. The van der Waals surface area contributed by atoms with Gasteiger partial charge >= 0.3 is 0 Å². The van der Waals surface area contributed by atoms with Crippen LogP contribution in [0.1, 0.15) is 19.8 Å². The smallest absolute Gasteiger partial charge is 0.127 e. The molecule has 15 heavy (non-hydrogen) atoms. The van der Waals surface area contributed by atoms with Crippen LogP contribution in [0.15, 0.2) is 18.3 Å². The van der Waals surface area contributed by atoms with Gasteiger partial charge in [-0.1, -0.05) is 6.92 Å². The summed E-state index contributed by atoms with van der Waals surface area (Å²) in [5, 5.41) is 3.08. The van der Waals surface area contributed by atoms with Crippen LogP contribution in [0.4, 0.5) is 11.5 Å². The number of aromatic nitrogens is 1. The third kappa shape index (κ3) is 2.41. The Morgan fingerprint density at radius 1 is 1.53 bits per heavy atom. The van der Waals surface area contributed by atoms with Crippen molar-refractivity contribution in [1.82, 2.24) is 4.98 Å². The standard InChI is InChI=1S/C12H19N3/c1-10-4-3-7-15(9-10)11-5-6-14-12(8-11)13-2/h5-6,8,10H,3-4,7,9H2,1-2H3,(H,13,14). The normalized spacial score (nSPS) is 21.5. The molecule has 3 nitrogen and oxygen atoms in total. The Hall–Kier alpha value is -1.25. The minimum Gasteiger partial charge on any atom is -0.373 e. The number of piperidine rings is 1. The van der Waals surface area contributed by atoms with Crippen molar-refractivity contribution in [3.63, 3.8) is 0 Å². The molecule has 3 heteroatoms. The average molecular weight is 205 g/mol. The predicted octanol–water partition coefficient (Wildman–Crippen LogP) is 2.36. The molecule has 1 N–H and O–H groups in total. The Bertz CT molecular complexity index is 324. The van der Waals surface area contributed by atoms with Crippen LogP contribution in [0, 0.1) is 5.92 Å². The molecule has 1 aromatic rings. The molecule has 0 amide bonds. The van der Waals surface area contributed by atoms with Gasteiger partial charge in [-0.3, -0.25) is 0 Å². The maximum Gasteiger partial charge on any atom is 0.127 e. The molecule has 1 aliphatic rings. The number of rotatable bonds is 2. The van der Waals surface area contributed by atoms with Gasteiger partial charge in [0.05, 0.1) is 0 Å². The summed E-state index contributed by atoms with van der Waals surface area (Å²) in [7, 11) is 1.91. The molecule has 0 spiro atoms. The second kappa shape index (κ2) is 4.51. The van der Waals surface area contributed by atoms with Gasteiger partial charge in [0.2, 0.25) is 0 Å². The minimum absolute atomic E-state index is 0.810. The molecule has 0 aliphatic carbocycles. The number of hydrogen-bond donors (Lipinski definition) is 1. The van der Waals surface area contributed by atoms with Gasteiger partial charge in [-0.15, -0.1) is 0 Å². The Morgan fingerprint density at radius 2 is 2.40 bits per heavy atom. The zero-order valence-corrected chi connectivity index (χ0v) is 9.53. The Labute approximate surface area is 91.5 Å². The highest BCUT2D eigenvalue weighted by Crippen LogP contribution is 2.23. The van der Waals surface area contributed by atoms with Crippen molar-refractivity contribution >= 4 is 11.5 Å². The predicted molar refractivity (Wildman–Crippen MR) is 64.4 cm³/mol. The molecular weight excluding hydrogens is 186 g/mol. The highest BCUT2D eigenvalue weighted by atomic mass is 15.1. The van der Waals surface area contributed by atoms with E-state index in [0.717, 1.165) is 11.7 Å². The summed E-state index contributed by atoms with van der Waals surface area (Å²) in [6.07, 6.45) is 4.54. The second-order valence-corrected chi connectivity index (χ2v) is 4.34. The number of nitrogens with zero attached hydrogens (tertiary/aromatic N) is 2. The molecule has 1 fully saturated rings. The van der Waals surface area contributed by atoms with E-state index in [2.05, 4.69) is 34.3 Å². The van der Waals surface area contributed by atoms with Gasteiger partial charge in [0, 0.05) is 38.1 Å². The van der Waals surface area contributed by atoms with Crippen LogP contribution in [0.25, 0.3) is 0 Å². The summed E-state index contributed by atoms with van der Waals surface area (Å²) in [5.74, 6) is 1.76. The fourth-order valence-electron chi connectivity index (χ4n) is 2.18. The van der Waals surface area contributed by atoms with Crippen molar-refractivity contribution < 1.29 is 0 Å². The molecule has 1 atom stereocenters. The molecule has 1 unspecified atom stereocenters. The van der Waals surface area contributed by atoms with E-state index in [1.54, 1.807) is 0 Å². The lowest BCUT2D eigenvalue weighted by Crippen LogP contribution is -2.34. The second-order valence-electron chi connectivity index (χ2n) is 4.34. The third-order valence-electron chi connectivity index (χ3n) is 3.02. The lowest BCUT2D eigenvalue weighted by atomic mass is 10.00. The summed E-state index contributed by atoms with van der Waals surface area (Å²) < 4.78 is 0. The van der Waals surface area contributed by atoms with Crippen LogP contribution in [0.3, 0.4) is 0 Å². The quantitative estimate of drug-likeness (QED) is 0.803. The fraction of sp³-hybridized carbons (Fsp3) is 0.583. The molecule has 2 heterocycles. The number of nitrogens with one attached hydrogen (secondary N) is 1. The molecule has 0 aromatic carbocycles. The van der Waals surface area contributed by atoms with Crippen LogP contribution >= 0.6 is 0 Å². The van der Waals surface area contributed by atoms with Crippen molar-refractivity contribution in [3.8, 4) is 0 Å². The number of anilines is 2. The molecule has 2 rings (SSSR count). The van der Waals surface area contributed by atoms with Gasteiger partial charge < -0.3 is 10.2 Å². The number of pyridine rings is 1. The first-order valence-corrected chi connectivity index (χ1v) is 5.68. The van der Waals surface area contributed by atoms with Crippen molar-refractivity contribution in [3.05, 3.63) is 18.3 Å². The van der Waals surface area contributed by atoms with E-state index < -0.39 is 0 Å². The van der Waals surface area contributed by atoms with Crippen LogP contribution in [0.5, 0.6) is 0 Å². The summed E-state index contributed by atoms with van der Waals surface area (Å²) in [6, 6.07) is 4.22. The first-order valence-electron chi connectivity index (χ1n) is 5.68. The van der Waals surface area contributed by atoms with Gasteiger partial charge in [-0.25, -0.2) is 4.98 Å². The monoisotopic (exact) mass is 205 g/mol. The van der Waals surface area contributed by atoms with E-state index in [1.165, 1.54) is 31.6 Å². The molecule has 1 aromatic heterocycles. The van der Waals surface area contributed by atoms with Gasteiger partial charge in [-0.05, 0) is 24.8 Å². The maximum atomic E-state index is 4.23. The summed E-state index contributed by atoms with van der Waals surface area (Å²) in [4.78, 5) is 6.69. The topological polar surface area (TPSA) is 28.2 Å². The van der Waals surface area contributed by atoms with Crippen LogP contribution < -0.4 is 10.2 Å². The van der Waals surface area contributed by atoms with Gasteiger partial charge in [-0.2, -0.15) is 0 Å². The van der Waals surface area contributed by atoms with E-state index >= 15 is 0 Å². The zero-order valence-electron chi connectivity index (χ0n) is 9.53. The maximum absolute atomic E-state index is 4.23. The largest absolute Gasteiger partial charge is 0.373 e. The van der Waals surface area contributed by atoms with Crippen molar-refractivity contribution in [2.75, 3.05) is 30.4 Å². The van der Waals surface area contributed by atoms with Gasteiger partial charge in [0.1, 0.15) is 5.82 Å². The van der Waals surface area contributed by atoms with Crippen LogP contribution in [-0.4, -0.2) is 25.1 Å². The lowest BCUT2D eigenvalue weighted by Gasteiger charge is -2.32. The Balaban J connectivity index is 2.13. The molecule has 82 valence electrons. The number of hydrogen-bond acceptors (Lipinski definition) is 3. The van der Waals surface area contributed by atoms with Gasteiger partial charge in [0.25, 0.3) is 0 Å². The summed E-state index contributed by atoms with van der Waals surface area (Å²) in [6.45, 7) is 4.68. The summed E-state index contributed by atoms with van der Waals surface area (Å²) in [5.41, 5.74) is 1.29. The fourth-order valence-corrected chi connectivity index (χ4v) is 2.18. The zero-order chi connectivity index (χ0) is 10.7. The van der Waals surface area contributed by atoms with E-state index in [0.29, 0.717) is 0 Å². The SMILES string of the molecule is CNc1cc(N2CCCC(C)C2)ccn1. The summed E-state index contributed by atoms with van der Waals surface area (Å²) >= 11 is 0. The molecular formula is C12H19N3. The molecule has 0 radical (unpaired) electrons. The molecule has 1 saturated heterocycles. The van der Waals surface area contributed by atoms with E-state index in [1.807, 2.05) is 13.2 Å². The Kier molecular flexibility index (Phi) is 3.09. The first-order chi connectivity index (χ1) is 7.29. The van der Waals surface area contributed by atoms with E-state index in [9.17, 15) is 0 Å². The highest BCUT2D eigenvalue weighted by Gasteiger charge is 2.16. The van der Waals surface area contributed by atoms with Crippen molar-refractivity contribution in [1.29, 1.82) is 0 Å². The average Bonchev–Trinajstić information content (AvgIpc) is 2.29. The lowest BCUT2D eigenvalue weighted by molar-refractivity contribution is 0.447. The highest BCUT2D eigenvalue weighted by molar-refractivity contribution is 5.53. The molecule has 1 aliphatic heterocycles. The van der Waals surface area contributed by atoms with Crippen LogP contribution in [0.2, 0.25) is 0 Å². The van der Waals surface area contributed by atoms with E-state index in [-0.39, 0.29) is 0 Å². The van der Waals surface area contributed by atoms with Crippen molar-refractivity contribution in [2.45, 2.75) is 19.8 Å². The molecule has 0 saturated carbocycles. The van der Waals surface area contributed by atoms with Crippen LogP contribution in [-0.2, 0) is 0 Å².